The normalized spacial score (nSPS) is 36.1. The molecule has 3 heterocycles. The van der Waals surface area contributed by atoms with Gasteiger partial charge in [0.05, 0.1) is 24.9 Å². The number of benzene rings is 1. The second kappa shape index (κ2) is 9.51. The lowest BCUT2D eigenvalue weighted by molar-refractivity contribution is -0.138. The number of nitrogens with zero attached hydrogens (tertiary/aromatic N) is 2. The van der Waals surface area contributed by atoms with Gasteiger partial charge in [0.25, 0.3) is 5.91 Å². The van der Waals surface area contributed by atoms with E-state index < -0.39 is 5.54 Å². The second-order valence-corrected chi connectivity index (χ2v) is 12.9. The minimum atomic E-state index is -0.903. The van der Waals surface area contributed by atoms with Crippen molar-refractivity contribution in [2.75, 3.05) is 32.6 Å². The molecular weight excluding hydrogens is 484 g/mol. The molecule has 7 rings (SSSR count). The number of aliphatic imine (C=N–C) groups is 1. The molecule has 5 atom stereocenters. The van der Waals surface area contributed by atoms with Gasteiger partial charge in [-0.1, -0.05) is 55.0 Å². The van der Waals surface area contributed by atoms with E-state index in [1.165, 1.54) is 30.4 Å². The molecule has 0 aromatic heterocycles. The summed E-state index contributed by atoms with van der Waals surface area (Å²) in [7, 11) is 1.77. The minimum absolute atomic E-state index is 0.102. The highest BCUT2D eigenvalue weighted by molar-refractivity contribution is 8.13. The number of hydrogen-bond acceptors (Lipinski definition) is 6. The highest BCUT2D eigenvalue weighted by Crippen LogP contribution is 2.61. The maximum atomic E-state index is 14.8. The molecule has 1 aromatic rings. The molecule has 3 aliphatic heterocycles. The molecule has 198 valence electrons. The number of aryl methyl sites for hydroxylation is 1. The van der Waals surface area contributed by atoms with Crippen LogP contribution in [-0.2, 0) is 37.4 Å². The number of amidine groups is 1. The molecule has 1 aromatic carbocycles. The van der Waals surface area contributed by atoms with Crippen LogP contribution in [0.15, 0.2) is 35.3 Å². The van der Waals surface area contributed by atoms with E-state index in [0.717, 1.165) is 74.1 Å². The summed E-state index contributed by atoms with van der Waals surface area (Å²) >= 11 is 1.70. The van der Waals surface area contributed by atoms with Gasteiger partial charge >= 0.3 is 0 Å². The zero-order chi connectivity index (χ0) is 25.0. The maximum absolute atomic E-state index is 14.8. The number of thioether (sulfide) groups is 1. The molecule has 0 bridgehead atoms. The van der Waals surface area contributed by atoms with E-state index in [2.05, 4.69) is 30.4 Å². The zero-order valence-electron chi connectivity index (χ0n) is 21.8. The maximum Gasteiger partial charge on any atom is 0.262 e. The van der Waals surface area contributed by atoms with Gasteiger partial charge in [-0.05, 0) is 67.6 Å². The predicted molar refractivity (Wildman–Crippen MR) is 145 cm³/mol. The first-order valence-corrected chi connectivity index (χ1v) is 15.2. The first-order chi connectivity index (χ1) is 18.1. The van der Waals surface area contributed by atoms with Gasteiger partial charge in [0.1, 0.15) is 0 Å². The van der Waals surface area contributed by atoms with Crippen molar-refractivity contribution >= 4 is 22.8 Å². The van der Waals surface area contributed by atoms with Crippen LogP contribution in [0.2, 0.25) is 0 Å². The first kappa shape index (κ1) is 24.4. The lowest BCUT2D eigenvalue weighted by Crippen LogP contribution is -2.52. The van der Waals surface area contributed by atoms with Gasteiger partial charge in [-0.25, -0.2) is 4.99 Å². The van der Waals surface area contributed by atoms with E-state index in [1.807, 2.05) is 4.90 Å². The predicted octanol–water partition coefficient (Wildman–Crippen LogP) is 4.64. The SMILES string of the molecule is COC1C=C[C@]2(CC1)Cc1ccc(CCC3CC3)cc1C21N=C(SCC2CCO2)N(CC2CCO2)C1=O. The fourth-order valence-corrected chi connectivity index (χ4v) is 7.93. The van der Waals surface area contributed by atoms with Crippen LogP contribution >= 0.6 is 11.8 Å². The molecule has 37 heavy (non-hydrogen) atoms. The Balaban J connectivity index is 1.30. The molecule has 3 fully saturated rings. The molecule has 0 N–H and O–H groups in total. The van der Waals surface area contributed by atoms with E-state index in [-0.39, 0.29) is 29.6 Å². The van der Waals surface area contributed by atoms with E-state index in [4.69, 9.17) is 19.2 Å². The highest BCUT2D eigenvalue weighted by atomic mass is 32.2. The fourth-order valence-electron chi connectivity index (χ4n) is 6.82. The van der Waals surface area contributed by atoms with Crippen LogP contribution in [0.4, 0.5) is 0 Å². The first-order valence-electron chi connectivity index (χ1n) is 14.2. The number of carbonyl (C=O) groups excluding carboxylic acids is 1. The molecule has 1 saturated carbocycles. The number of methoxy groups -OCH3 is 1. The van der Waals surface area contributed by atoms with Gasteiger partial charge in [-0.15, -0.1) is 0 Å². The minimum Gasteiger partial charge on any atom is -0.377 e. The van der Waals surface area contributed by atoms with Gasteiger partial charge in [0.2, 0.25) is 0 Å². The smallest absolute Gasteiger partial charge is 0.262 e. The van der Waals surface area contributed by atoms with Gasteiger partial charge in [0, 0.05) is 31.5 Å². The van der Waals surface area contributed by atoms with Gasteiger partial charge < -0.3 is 14.2 Å². The standard InChI is InChI=1S/C30H38N2O4S/c1-34-23-8-12-29(13-9-23)17-22-7-6-21(5-4-20-2-3-20)16-26(22)30(29)27(33)32(18-24-10-14-35-24)28(31-30)37-19-25-11-15-36-25/h6-8,12,16,20,23-25H,2-5,9-11,13-15,17-19H2,1H3/t23?,24?,25?,29-,30?/m0/s1. The Morgan fingerprint density at radius 1 is 1.14 bits per heavy atom. The van der Waals surface area contributed by atoms with E-state index in [1.54, 1.807) is 18.9 Å². The molecule has 6 nitrogen and oxygen atoms in total. The molecule has 3 aliphatic carbocycles. The fraction of sp³-hybridized carbons (Fsp3) is 0.667. The highest BCUT2D eigenvalue weighted by Gasteiger charge is 2.66. The summed E-state index contributed by atoms with van der Waals surface area (Å²) in [5.74, 6) is 1.87. The Morgan fingerprint density at radius 2 is 1.95 bits per heavy atom. The second-order valence-electron chi connectivity index (χ2n) is 11.9. The Hall–Kier alpha value is -1.67. The summed E-state index contributed by atoms with van der Waals surface area (Å²) in [6, 6.07) is 6.93. The molecule has 0 radical (unpaired) electrons. The number of fused-ring (bicyclic) bond motifs is 3. The van der Waals surface area contributed by atoms with Crippen molar-refractivity contribution in [3.63, 3.8) is 0 Å². The average Bonchev–Trinajstić information content (AvgIpc) is 3.60. The van der Waals surface area contributed by atoms with Crippen LogP contribution in [0.3, 0.4) is 0 Å². The molecule has 7 heteroatoms. The van der Waals surface area contributed by atoms with Crippen molar-refractivity contribution in [2.24, 2.45) is 16.3 Å². The summed E-state index contributed by atoms with van der Waals surface area (Å²) < 4.78 is 17.2. The molecular formula is C30H38N2O4S. The van der Waals surface area contributed by atoms with E-state index >= 15 is 0 Å². The van der Waals surface area contributed by atoms with Crippen LogP contribution in [0.25, 0.3) is 0 Å². The number of ether oxygens (including phenoxy) is 3. The van der Waals surface area contributed by atoms with Crippen LogP contribution in [-0.4, -0.2) is 66.9 Å². The van der Waals surface area contributed by atoms with E-state index in [9.17, 15) is 4.79 Å². The van der Waals surface area contributed by atoms with Crippen molar-refractivity contribution in [1.29, 1.82) is 0 Å². The molecule has 4 unspecified atom stereocenters. The van der Waals surface area contributed by atoms with Crippen molar-refractivity contribution in [1.82, 2.24) is 4.90 Å². The number of hydrogen-bond donors (Lipinski definition) is 0. The molecule has 6 aliphatic rings. The van der Waals surface area contributed by atoms with Gasteiger partial charge in [-0.3, -0.25) is 9.69 Å². The quantitative estimate of drug-likeness (QED) is 0.466. The van der Waals surface area contributed by atoms with Crippen molar-refractivity contribution < 1.29 is 19.0 Å². The Labute approximate surface area is 224 Å². The Kier molecular flexibility index (Phi) is 6.26. The summed E-state index contributed by atoms with van der Waals surface area (Å²) in [6.45, 7) is 2.21. The lowest BCUT2D eigenvalue weighted by Gasteiger charge is -2.42. The van der Waals surface area contributed by atoms with Crippen LogP contribution < -0.4 is 0 Å². The average molecular weight is 523 g/mol. The largest absolute Gasteiger partial charge is 0.377 e. The third-order valence-electron chi connectivity index (χ3n) is 9.56. The van der Waals surface area contributed by atoms with Crippen LogP contribution in [0.5, 0.6) is 0 Å². The molecule has 2 spiro atoms. The molecule has 1 amide bonds. The number of carbonyl (C=O) groups is 1. The van der Waals surface area contributed by atoms with Gasteiger partial charge in [-0.2, -0.15) is 0 Å². The van der Waals surface area contributed by atoms with E-state index in [0.29, 0.717) is 6.54 Å². The Bertz CT molecular complexity index is 1120. The van der Waals surface area contributed by atoms with Crippen molar-refractivity contribution in [2.45, 2.75) is 81.6 Å². The van der Waals surface area contributed by atoms with Crippen molar-refractivity contribution in [3.8, 4) is 0 Å². The summed E-state index contributed by atoms with van der Waals surface area (Å²) in [6.07, 6.45) is 14.7. The van der Waals surface area contributed by atoms with Crippen LogP contribution in [0, 0.1) is 11.3 Å². The monoisotopic (exact) mass is 522 g/mol. The lowest BCUT2D eigenvalue weighted by atomic mass is 9.64. The topological polar surface area (TPSA) is 60.4 Å². The molecule has 2 saturated heterocycles. The van der Waals surface area contributed by atoms with Crippen molar-refractivity contribution in [3.05, 3.63) is 47.0 Å². The third-order valence-corrected chi connectivity index (χ3v) is 10.7. The van der Waals surface area contributed by atoms with Gasteiger partial charge in [0.15, 0.2) is 10.7 Å². The number of rotatable bonds is 8. The summed E-state index contributed by atoms with van der Waals surface area (Å²) in [4.78, 5) is 22.2. The van der Waals surface area contributed by atoms with Crippen LogP contribution in [0.1, 0.15) is 61.6 Å². The third kappa shape index (κ3) is 4.12. The summed E-state index contributed by atoms with van der Waals surface area (Å²) in [5.41, 5.74) is 2.50. The number of amides is 1. The Morgan fingerprint density at radius 3 is 2.59 bits per heavy atom. The summed E-state index contributed by atoms with van der Waals surface area (Å²) in [5, 5.41) is 0.855. The zero-order valence-corrected chi connectivity index (χ0v) is 22.6.